The van der Waals surface area contributed by atoms with Gasteiger partial charge in [0.15, 0.2) is 5.82 Å². The number of aromatic hydroxyl groups is 1. The standard InChI is InChI=1S/C19H19N5O/c1-13(14-6-7-20-11-14)19-21-12-17(22-23-19)16-5-4-15(10-18(16)25)24-8-2-3-9-24/h2-5,8-10,12,14,20,25H,1,6-7,11H2/t14-/m0/s1. The van der Waals surface area contributed by atoms with Crippen LogP contribution in [0.5, 0.6) is 5.75 Å². The summed E-state index contributed by atoms with van der Waals surface area (Å²) < 4.78 is 1.93. The summed E-state index contributed by atoms with van der Waals surface area (Å²) in [5.41, 5.74) is 2.94. The second-order valence-electron chi connectivity index (χ2n) is 6.17. The molecule has 25 heavy (non-hydrogen) atoms. The van der Waals surface area contributed by atoms with Gasteiger partial charge in [-0.25, -0.2) is 4.98 Å². The summed E-state index contributed by atoms with van der Waals surface area (Å²) in [5.74, 6) is 1.08. The van der Waals surface area contributed by atoms with E-state index in [2.05, 4.69) is 27.1 Å². The van der Waals surface area contributed by atoms with Crippen molar-refractivity contribution in [3.05, 3.63) is 61.3 Å². The minimum Gasteiger partial charge on any atom is -0.507 e. The zero-order valence-electron chi connectivity index (χ0n) is 13.8. The molecule has 2 aromatic heterocycles. The number of phenols is 1. The molecule has 4 rings (SSSR count). The van der Waals surface area contributed by atoms with E-state index in [0.717, 1.165) is 30.8 Å². The van der Waals surface area contributed by atoms with Gasteiger partial charge in [0.2, 0.25) is 0 Å². The zero-order valence-corrected chi connectivity index (χ0v) is 13.8. The van der Waals surface area contributed by atoms with Crippen molar-refractivity contribution in [3.63, 3.8) is 0 Å². The van der Waals surface area contributed by atoms with E-state index in [-0.39, 0.29) is 5.75 Å². The molecule has 1 atom stereocenters. The maximum absolute atomic E-state index is 10.4. The second kappa shape index (κ2) is 6.49. The summed E-state index contributed by atoms with van der Waals surface area (Å²) in [5, 5.41) is 22.1. The Morgan fingerprint density at radius 2 is 2.08 bits per heavy atom. The average molecular weight is 333 g/mol. The van der Waals surface area contributed by atoms with Gasteiger partial charge >= 0.3 is 0 Å². The smallest absolute Gasteiger partial charge is 0.177 e. The summed E-state index contributed by atoms with van der Waals surface area (Å²) >= 11 is 0. The molecule has 0 radical (unpaired) electrons. The minimum atomic E-state index is 0.147. The van der Waals surface area contributed by atoms with Gasteiger partial charge < -0.3 is 15.0 Å². The summed E-state index contributed by atoms with van der Waals surface area (Å²) in [7, 11) is 0. The molecule has 1 aromatic carbocycles. The molecular formula is C19H19N5O. The van der Waals surface area contributed by atoms with Gasteiger partial charge in [-0.3, -0.25) is 0 Å². The molecule has 1 aliphatic heterocycles. The average Bonchev–Trinajstić information content (AvgIpc) is 3.35. The molecule has 1 saturated heterocycles. The largest absolute Gasteiger partial charge is 0.507 e. The highest BCUT2D eigenvalue weighted by Crippen LogP contribution is 2.30. The molecule has 0 saturated carbocycles. The van der Waals surface area contributed by atoms with Gasteiger partial charge in [-0.1, -0.05) is 6.58 Å². The van der Waals surface area contributed by atoms with Crippen LogP contribution in [0.25, 0.3) is 22.5 Å². The van der Waals surface area contributed by atoms with Crippen LogP contribution >= 0.6 is 0 Å². The number of phenolic OH excluding ortho intramolecular Hbond substituents is 1. The predicted octanol–water partition coefficient (Wildman–Crippen LogP) is 2.66. The maximum Gasteiger partial charge on any atom is 0.177 e. The van der Waals surface area contributed by atoms with Crippen molar-refractivity contribution in [2.75, 3.05) is 13.1 Å². The summed E-state index contributed by atoms with van der Waals surface area (Å²) in [6.07, 6.45) is 6.54. The van der Waals surface area contributed by atoms with Crippen LogP contribution in [0.2, 0.25) is 0 Å². The topological polar surface area (TPSA) is 75.9 Å². The molecule has 1 fully saturated rings. The van der Waals surface area contributed by atoms with Gasteiger partial charge in [-0.15, -0.1) is 10.2 Å². The molecule has 3 heterocycles. The molecule has 2 N–H and O–H groups in total. The Morgan fingerprint density at radius 3 is 2.72 bits per heavy atom. The van der Waals surface area contributed by atoms with E-state index in [4.69, 9.17) is 0 Å². The van der Waals surface area contributed by atoms with Gasteiger partial charge in [-0.2, -0.15) is 0 Å². The number of aromatic nitrogens is 4. The first-order valence-electron chi connectivity index (χ1n) is 8.29. The van der Waals surface area contributed by atoms with Crippen LogP contribution < -0.4 is 5.32 Å². The molecule has 0 amide bonds. The van der Waals surface area contributed by atoms with Gasteiger partial charge in [-0.05, 0) is 42.8 Å². The van der Waals surface area contributed by atoms with Crippen LogP contribution in [0.4, 0.5) is 0 Å². The Hall–Kier alpha value is -2.99. The van der Waals surface area contributed by atoms with Crippen LogP contribution in [0.3, 0.4) is 0 Å². The van der Waals surface area contributed by atoms with Gasteiger partial charge in [0, 0.05) is 42.2 Å². The van der Waals surface area contributed by atoms with Crippen LogP contribution in [0, 0.1) is 5.92 Å². The van der Waals surface area contributed by atoms with Crippen LogP contribution in [0.1, 0.15) is 12.2 Å². The van der Waals surface area contributed by atoms with E-state index in [1.165, 1.54) is 0 Å². The summed E-state index contributed by atoms with van der Waals surface area (Å²) in [4.78, 5) is 4.40. The molecule has 0 unspecified atom stereocenters. The van der Waals surface area contributed by atoms with Crippen molar-refractivity contribution in [1.82, 2.24) is 25.1 Å². The highest BCUT2D eigenvalue weighted by Gasteiger charge is 2.21. The Labute approximate surface area is 145 Å². The first-order chi connectivity index (χ1) is 12.2. The molecule has 0 aliphatic carbocycles. The lowest BCUT2D eigenvalue weighted by atomic mass is 9.99. The quantitative estimate of drug-likeness (QED) is 0.768. The van der Waals surface area contributed by atoms with Crippen molar-refractivity contribution < 1.29 is 5.11 Å². The van der Waals surface area contributed by atoms with Crippen LogP contribution in [0.15, 0.2) is 55.5 Å². The third kappa shape index (κ3) is 3.04. The number of hydrogen-bond acceptors (Lipinski definition) is 5. The fraction of sp³-hybridized carbons (Fsp3) is 0.211. The SMILES string of the molecule is C=C(c1ncc(-c2ccc(-n3cccc3)cc2O)nn1)[C@H]1CCNC1. The zero-order chi connectivity index (χ0) is 17.2. The lowest BCUT2D eigenvalue weighted by Gasteiger charge is -2.11. The number of nitrogens with zero attached hydrogens (tertiary/aromatic N) is 4. The van der Waals surface area contributed by atoms with Crippen molar-refractivity contribution >= 4 is 5.57 Å². The maximum atomic E-state index is 10.4. The molecule has 0 spiro atoms. The Morgan fingerprint density at radius 1 is 1.24 bits per heavy atom. The fourth-order valence-corrected chi connectivity index (χ4v) is 3.08. The Balaban J connectivity index is 1.58. The van der Waals surface area contributed by atoms with Crippen molar-refractivity contribution in [1.29, 1.82) is 0 Å². The van der Waals surface area contributed by atoms with E-state index in [1.807, 2.05) is 41.2 Å². The Bertz CT molecular complexity index is 881. The van der Waals surface area contributed by atoms with Gasteiger partial charge in [0.25, 0.3) is 0 Å². The van der Waals surface area contributed by atoms with Gasteiger partial charge in [0.05, 0.1) is 6.20 Å². The minimum absolute atomic E-state index is 0.147. The van der Waals surface area contributed by atoms with Crippen molar-refractivity contribution in [2.24, 2.45) is 5.92 Å². The number of benzene rings is 1. The normalized spacial score (nSPS) is 16.9. The number of nitrogens with one attached hydrogen (secondary N) is 1. The molecule has 6 nitrogen and oxygen atoms in total. The molecular weight excluding hydrogens is 314 g/mol. The third-order valence-corrected chi connectivity index (χ3v) is 4.56. The monoisotopic (exact) mass is 333 g/mol. The number of hydrogen-bond donors (Lipinski definition) is 2. The third-order valence-electron chi connectivity index (χ3n) is 4.56. The van der Waals surface area contributed by atoms with Crippen molar-refractivity contribution in [3.8, 4) is 22.7 Å². The summed E-state index contributed by atoms with van der Waals surface area (Å²) in [6.45, 7) is 6.02. The molecule has 126 valence electrons. The van der Waals surface area contributed by atoms with Crippen LogP contribution in [-0.2, 0) is 0 Å². The highest BCUT2D eigenvalue weighted by molar-refractivity contribution is 5.68. The molecule has 1 aliphatic rings. The van der Waals surface area contributed by atoms with E-state index < -0.39 is 0 Å². The first-order valence-corrected chi connectivity index (χ1v) is 8.29. The number of rotatable bonds is 4. The van der Waals surface area contributed by atoms with E-state index in [0.29, 0.717) is 23.0 Å². The Kier molecular flexibility index (Phi) is 4.03. The van der Waals surface area contributed by atoms with Crippen molar-refractivity contribution in [2.45, 2.75) is 6.42 Å². The molecule has 3 aromatic rings. The van der Waals surface area contributed by atoms with Crippen LogP contribution in [-0.4, -0.2) is 37.9 Å². The highest BCUT2D eigenvalue weighted by atomic mass is 16.3. The summed E-state index contributed by atoms with van der Waals surface area (Å²) in [6, 6.07) is 9.32. The lowest BCUT2D eigenvalue weighted by molar-refractivity contribution is 0.476. The van der Waals surface area contributed by atoms with E-state index in [9.17, 15) is 5.11 Å². The van der Waals surface area contributed by atoms with E-state index in [1.54, 1.807) is 12.3 Å². The molecule has 6 heteroatoms. The first kappa shape index (κ1) is 15.5. The fourth-order valence-electron chi connectivity index (χ4n) is 3.08. The van der Waals surface area contributed by atoms with Gasteiger partial charge in [0.1, 0.15) is 11.4 Å². The van der Waals surface area contributed by atoms with E-state index >= 15 is 0 Å². The second-order valence-corrected chi connectivity index (χ2v) is 6.17. The molecule has 0 bridgehead atoms. The lowest BCUT2D eigenvalue weighted by Crippen LogP contribution is -2.11. The predicted molar refractivity (Wildman–Crippen MR) is 96.3 cm³/mol.